The largest absolute Gasteiger partial charge is 0.496 e. The summed E-state index contributed by atoms with van der Waals surface area (Å²) in [5.74, 6) is 0.322. The van der Waals surface area contributed by atoms with Crippen LogP contribution < -0.4 is 4.74 Å². The van der Waals surface area contributed by atoms with E-state index in [1.807, 2.05) is 18.2 Å². The van der Waals surface area contributed by atoms with E-state index >= 15 is 0 Å². The van der Waals surface area contributed by atoms with Crippen LogP contribution in [0.5, 0.6) is 5.75 Å². The van der Waals surface area contributed by atoms with Crippen LogP contribution in [0.15, 0.2) is 18.2 Å². The number of fused-ring (bicyclic) bond motifs is 1. The Balaban J connectivity index is 2.52. The van der Waals surface area contributed by atoms with Crippen LogP contribution >= 0.6 is 0 Å². The van der Waals surface area contributed by atoms with Crippen molar-refractivity contribution in [2.75, 3.05) is 7.11 Å². The highest BCUT2D eigenvalue weighted by Gasteiger charge is 2.30. The van der Waals surface area contributed by atoms with Gasteiger partial charge in [0.25, 0.3) is 0 Å². The van der Waals surface area contributed by atoms with Crippen LogP contribution in [0.4, 0.5) is 0 Å². The van der Waals surface area contributed by atoms with Gasteiger partial charge in [0, 0.05) is 0 Å². The van der Waals surface area contributed by atoms with Gasteiger partial charge in [0.05, 0.1) is 31.1 Å². The lowest BCUT2D eigenvalue weighted by Crippen LogP contribution is -2.18. The highest BCUT2D eigenvalue weighted by molar-refractivity contribution is 5.46. The molecule has 3 heteroatoms. The van der Waals surface area contributed by atoms with E-state index in [1.54, 1.807) is 7.11 Å². The number of ether oxygens (including phenoxy) is 1. The first-order valence-corrected chi connectivity index (χ1v) is 5.26. The van der Waals surface area contributed by atoms with Crippen LogP contribution in [0.1, 0.15) is 23.5 Å². The molecular weight excluding hydrogens is 200 g/mol. The molecule has 0 fully saturated rings. The predicted octanol–water partition coefficient (Wildman–Crippen LogP) is 2.39. The lowest BCUT2D eigenvalue weighted by atomic mass is 9.76. The summed E-state index contributed by atoms with van der Waals surface area (Å²) in [7, 11) is 1.63. The van der Waals surface area contributed by atoms with E-state index in [0.29, 0.717) is 0 Å². The minimum atomic E-state index is -0.316. The van der Waals surface area contributed by atoms with Crippen molar-refractivity contribution in [3.63, 3.8) is 0 Å². The Morgan fingerprint density at radius 3 is 2.75 bits per heavy atom. The number of rotatable bonds is 1. The van der Waals surface area contributed by atoms with Crippen molar-refractivity contribution >= 4 is 0 Å². The minimum absolute atomic E-state index is 0.190. The Hall–Kier alpha value is -2.00. The summed E-state index contributed by atoms with van der Waals surface area (Å²) in [6, 6.07) is 10.2. The fraction of sp³-hybridized carbons (Fsp3) is 0.385. The van der Waals surface area contributed by atoms with E-state index in [0.717, 1.165) is 29.7 Å². The number of methoxy groups -OCH3 is 1. The van der Waals surface area contributed by atoms with Crippen LogP contribution in [0, 0.1) is 28.6 Å². The van der Waals surface area contributed by atoms with Crippen molar-refractivity contribution in [2.45, 2.75) is 18.8 Å². The molecule has 16 heavy (non-hydrogen) atoms. The zero-order valence-electron chi connectivity index (χ0n) is 9.10. The Kier molecular flexibility index (Phi) is 2.79. The number of nitrogens with zero attached hydrogens (tertiary/aromatic N) is 2. The van der Waals surface area contributed by atoms with Gasteiger partial charge in [-0.05, 0) is 30.0 Å². The van der Waals surface area contributed by atoms with E-state index < -0.39 is 0 Å². The van der Waals surface area contributed by atoms with Crippen molar-refractivity contribution in [2.24, 2.45) is 5.92 Å². The van der Waals surface area contributed by atoms with E-state index in [2.05, 4.69) is 12.1 Å². The summed E-state index contributed by atoms with van der Waals surface area (Å²) in [5.41, 5.74) is 2.04. The molecule has 0 saturated heterocycles. The van der Waals surface area contributed by atoms with Crippen LogP contribution in [-0.2, 0) is 6.42 Å². The maximum Gasteiger partial charge on any atom is 0.122 e. The first kappa shape index (κ1) is 10.5. The van der Waals surface area contributed by atoms with Gasteiger partial charge in [-0.15, -0.1) is 0 Å². The average molecular weight is 212 g/mol. The van der Waals surface area contributed by atoms with Gasteiger partial charge in [-0.3, -0.25) is 0 Å². The number of hydrogen-bond donors (Lipinski definition) is 0. The molecule has 2 atom stereocenters. The molecule has 1 aromatic rings. The molecule has 1 aliphatic carbocycles. The summed E-state index contributed by atoms with van der Waals surface area (Å²) in [4.78, 5) is 0. The Morgan fingerprint density at radius 2 is 2.12 bits per heavy atom. The molecule has 80 valence electrons. The second-order valence-electron chi connectivity index (χ2n) is 3.91. The van der Waals surface area contributed by atoms with Gasteiger partial charge >= 0.3 is 0 Å². The molecule has 1 aliphatic rings. The van der Waals surface area contributed by atoms with Gasteiger partial charge in [0.2, 0.25) is 0 Å². The molecule has 2 rings (SSSR count). The van der Waals surface area contributed by atoms with Crippen LogP contribution in [0.3, 0.4) is 0 Å². The molecule has 0 aliphatic heterocycles. The van der Waals surface area contributed by atoms with E-state index in [-0.39, 0.29) is 11.8 Å². The molecule has 1 aromatic carbocycles. The fourth-order valence-corrected chi connectivity index (χ4v) is 2.31. The molecule has 3 nitrogen and oxygen atoms in total. The standard InChI is InChI=1S/C13H12N2O/c1-16-13-4-2-3-10-11(13)6-5-9(7-14)12(10)8-15/h2-4,9,12H,5-6H2,1H3. The zero-order valence-corrected chi connectivity index (χ0v) is 9.10. The van der Waals surface area contributed by atoms with E-state index in [4.69, 9.17) is 15.3 Å². The molecule has 0 spiro atoms. The zero-order chi connectivity index (χ0) is 11.5. The van der Waals surface area contributed by atoms with Crippen molar-refractivity contribution in [1.82, 2.24) is 0 Å². The van der Waals surface area contributed by atoms with Crippen LogP contribution in [-0.4, -0.2) is 7.11 Å². The molecule has 0 saturated carbocycles. The summed E-state index contributed by atoms with van der Waals surface area (Å²) < 4.78 is 5.28. The fourth-order valence-electron chi connectivity index (χ4n) is 2.31. The van der Waals surface area contributed by atoms with Crippen molar-refractivity contribution < 1.29 is 4.74 Å². The summed E-state index contributed by atoms with van der Waals surface area (Å²) >= 11 is 0. The summed E-state index contributed by atoms with van der Waals surface area (Å²) in [6.45, 7) is 0. The molecule has 0 aromatic heterocycles. The number of nitriles is 2. The first-order valence-electron chi connectivity index (χ1n) is 5.26. The Labute approximate surface area is 94.9 Å². The quantitative estimate of drug-likeness (QED) is 0.718. The molecule has 2 unspecified atom stereocenters. The van der Waals surface area contributed by atoms with Gasteiger partial charge in [-0.25, -0.2) is 0 Å². The third-order valence-corrected chi connectivity index (χ3v) is 3.14. The van der Waals surface area contributed by atoms with Crippen molar-refractivity contribution in [3.8, 4) is 17.9 Å². The van der Waals surface area contributed by atoms with E-state index in [9.17, 15) is 0 Å². The maximum absolute atomic E-state index is 9.16. The second-order valence-corrected chi connectivity index (χ2v) is 3.91. The SMILES string of the molecule is COc1cccc2c1CCC(C#N)C2C#N. The van der Waals surface area contributed by atoms with Crippen LogP contribution in [0.2, 0.25) is 0 Å². The molecule has 0 N–H and O–H groups in total. The summed E-state index contributed by atoms with van der Waals surface area (Å²) in [6.07, 6.45) is 1.55. The predicted molar refractivity (Wildman–Crippen MR) is 58.8 cm³/mol. The third kappa shape index (κ3) is 1.51. The highest BCUT2D eigenvalue weighted by atomic mass is 16.5. The van der Waals surface area contributed by atoms with Crippen LogP contribution in [0.25, 0.3) is 0 Å². The number of benzene rings is 1. The highest BCUT2D eigenvalue weighted by Crippen LogP contribution is 2.39. The molecular formula is C13H12N2O. The van der Waals surface area contributed by atoms with E-state index in [1.165, 1.54) is 0 Å². The molecule has 0 heterocycles. The lowest BCUT2D eigenvalue weighted by Gasteiger charge is -2.25. The van der Waals surface area contributed by atoms with Crippen molar-refractivity contribution in [3.05, 3.63) is 29.3 Å². The maximum atomic E-state index is 9.16. The van der Waals surface area contributed by atoms with Gasteiger partial charge < -0.3 is 4.74 Å². The van der Waals surface area contributed by atoms with Gasteiger partial charge in [0.1, 0.15) is 5.75 Å². The minimum Gasteiger partial charge on any atom is -0.496 e. The topological polar surface area (TPSA) is 56.8 Å². The number of hydrogen-bond acceptors (Lipinski definition) is 3. The van der Waals surface area contributed by atoms with Gasteiger partial charge in [0.15, 0.2) is 0 Å². The average Bonchev–Trinajstić information content (AvgIpc) is 2.36. The summed E-state index contributed by atoms with van der Waals surface area (Å²) in [5, 5.41) is 18.2. The second kappa shape index (κ2) is 4.24. The lowest BCUT2D eigenvalue weighted by molar-refractivity contribution is 0.400. The smallest absolute Gasteiger partial charge is 0.122 e. The first-order chi connectivity index (χ1) is 7.81. The molecule has 0 radical (unpaired) electrons. The molecule has 0 bridgehead atoms. The molecule has 0 amide bonds. The van der Waals surface area contributed by atoms with Gasteiger partial charge in [-0.1, -0.05) is 12.1 Å². The Bertz CT molecular complexity index is 482. The monoisotopic (exact) mass is 212 g/mol. The van der Waals surface area contributed by atoms with Crippen molar-refractivity contribution in [1.29, 1.82) is 10.5 Å². The van der Waals surface area contributed by atoms with Gasteiger partial charge in [-0.2, -0.15) is 10.5 Å². The third-order valence-electron chi connectivity index (χ3n) is 3.14. The Morgan fingerprint density at radius 1 is 1.31 bits per heavy atom. The normalized spacial score (nSPS) is 22.7.